The molecule has 12 heteroatoms. The number of hydrogen-bond donors (Lipinski definition) is 0. The van der Waals surface area contributed by atoms with Crippen LogP contribution in [-0.4, -0.2) is 75.5 Å². The van der Waals surface area contributed by atoms with Crippen molar-refractivity contribution in [3.63, 3.8) is 0 Å². The van der Waals surface area contributed by atoms with Crippen molar-refractivity contribution in [1.29, 1.82) is 0 Å². The minimum absolute atomic E-state index is 0.0618. The fourth-order valence-corrected chi connectivity index (χ4v) is 2.66. The van der Waals surface area contributed by atoms with E-state index in [1.165, 1.54) is 0 Å². The molecule has 1 aliphatic rings. The van der Waals surface area contributed by atoms with Gasteiger partial charge in [-0.1, -0.05) is 0 Å². The van der Waals surface area contributed by atoms with E-state index in [-0.39, 0.29) is 39.3 Å². The normalized spacial score (nSPS) is 22.8. The van der Waals surface area contributed by atoms with Crippen LogP contribution in [0.1, 0.15) is 40.5 Å². The smallest absolute Gasteiger partial charge is 0.435 e. The molecule has 1 fully saturated rings. The quantitative estimate of drug-likeness (QED) is 0.408. The lowest BCUT2D eigenvalue weighted by molar-refractivity contribution is -0.142. The molecule has 0 heterocycles. The maximum Gasteiger partial charge on any atom is 0.508 e. The Kier molecular flexibility index (Phi) is 11.2. The van der Waals surface area contributed by atoms with E-state index < -0.39 is 49.0 Å². The largest absolute Gasteiger partial charge is 0.508 e. The van der Waals surface area contributed by atoms with Gasteiger partial charge in [-0.15, -0.1) is 0 Å². The van der Waals surface area contributed by atoms with Crippen LogP contribution in [0.25, 0.3) is 0 Å². The molecular formula is C18H28O12. The summed E-state index contributed by atoms with van der Waals surface area (Å²) in [7, 11) is 0. The molecule has 0 spiro atoms. The topological polar surface area (TPSA) is 142 Å². The summed E-state index contributed by atoms with van der Waals surface area (Å²) in [6.45, 7) is 6.60. The van der Waals surface area contributed by atoms with Gasteiger partial charge in [0.1, 0.15) is 24.4 Å². The average molecular weight is 436 g/mol. The predicted molar refractivity (Wildman–Crippen MR) is 96.8 cm³/mol. The van der Waals surface area contributed by atoms with Gasteiger partial charge < -0.3 is 37.9 Å². The number of hydrogen-bond acceptors (Lipinski definition) is 12. The third kappa shape index (κ3) is 8.62. The van der Waals surface area contributed by atoms with E-state index in [1.54, 1.807) is 27.7 Å². The van der Waals surface area contributed by atoms with Gasteiger partial charge in [-0.2, -0.15) is 0 Å². The van der Waals surface area contributed by atoms with Crippen molar-refractivity contribution in [2.24, 2.45) is 0 Å². The maximum atomic E-state index is 11.8. The zero-order valence-corrected chi connectivity index (χ0v) is 17.5. The Balaban J connectivity index is 3.02. The maximum absolute atomic E-state index is 11.8. The molecule has 0 aromatic rings. The van der Waals surface area contributed by atoms with E-state index in [0.717, 1.165) is 0 Å². The first kappa shape index (κ1) is 25.1. The van der Waals surface area contributed by atoms with Gasteiger partial charge in [-0.05, 0) is 27.7 Å². The molecule has 0 N–H and O–H groups in total. The highest BCUT2D eigenvalue weighted by molar-refractivity contribution is 5.63. The first-order valence-electron chi connectivity index (χ1n) is 9.68. The Morgan fingerprint density at radius 1 is 0.500 bits per heavy atom. The highest BCUT2D eigenvalue weighted by Gasteiger charge is 2.46. The number of ether oxygens (including phenoxy) is 8. The van der Waals surface area contributed by atoms with Crippen LogP contribution < -0.4 is 0 Å². The predicted octanol–water partition coefficient (Wildman–Crippen LogP) is 2.95. The Morgan fingerprint density at radius 2 is 0.700 bits per heavy atom. The van der Waals surface area contributed by atoms with Crippen LogP contribution in [0.5, 0.6) is 0 Å². The number of carbonyl (C=O) groups is 4. The molecular weight excluding hydrogens is 408 g/mol. The summed E-state index contributed by atoms with van der Waals surface area (Å²) in [5.41, 5.74) is 0. The van der Waals surface area contributed by atoms with Crippen molar-refractivity contribution in [2.45, 2.75) is 65.0 Å². The molecule has 0 aromatic carbocycles. The molecule has 4 unspecified atom stereocenters. The Labute approximate surface area is 173 Å². The van der Waals surface area contributed by atoms with Gasteiger partial charge in [0, 0.05) is 12.8 Å². The summed E-state index contributed by atoms with van der Waals surface area (Å²) in [5, 5.41) is 0. The monoisotopic (exact) mass is 436 g/mol. The third-order valence-electron chi connectivity index (χ3n) is 3.80. The SMILES string of the molecule is CCOC(=O)OC1CC(OC(=O)OCC)C(OC(=O)OCC)CC1OC(=O)OCC. The lowest BCUT2D eigenvalue weighted by Gasteiger charge is -2.38. The fraction of sp³-hybridized carbons (Fsp3) is 0.778. The first-order valence-corrected chi connectivity index (χ1v) is 9.68. The summed E-state index contributed by atoms with van der Waals surface area (Å²) in [5.74, 6) is 0. The van der Waals surface area contributed by atoms with Crippen molar-refractivity contribution < 1.29 is 57.1 Å². The minimum Gasteiger partial charge on any atom is -0.435 e. The Hall–Kier alpha value is -2.92. The summed E-state index contributed by atoms with van der Waals surface area (Å²) in [6.07, 6.45) is -8.56. The molecule has 30 heavy (non-hydrogen) atoms. The van der Waals surface area contributed by atoms with Gasteiger partial charge in [-0.3, -0.25) is 0 Å². The van der Waals surface area contributed by atoms with Crippen LogP contribution in [0.4, 0.5) is 19.2 Å². The average Bonchev–Trinajstić information content (AvgIpc) is 2.65. The van der Waals surface area contributed by atoms with Crippen molar-refractivity contribution >= 4 is 24.6 Å². The van der Waals surface area contributed by atoms with E-state index in [2.05, 4.69) is 0 Å². The molecule has 0 bridgehead atoms. The van der Waals surface area contributed by atoms with Crippen LogP contribution in [0.15, 0.2) is 0 Å². The molecule has 0 amide bonds. The van der Waals surface area contributed by atoms with Crippen LogP contribution >= 0.6 is 0 Å². The highest BCUT2D eigenvalue weighted by Crippen LogP contribution is 2.30. The lowest BCUT2D eigenvalue weighted by Crippen LogP contribution is -2.51. The summed E-state index contributed by atoms with van der Waals surface area (Å²) in [6, 6.07) is 0. The molecule has 12 nitrogen and oxygen atoms in total. The van der Waals surface area contributed by atoms with Gasteiger partial charge in [0.05, 0.1) is 26.4 Å². The van der Waals surface area contributed by atoms with Crippen LogP contribution in [0.2, 0.25) is 0 Å². The molecule has 4 atom stereocenters. The van der Waals surface area contributed by atoms with E-state index in [4.69, 9.17) is 37.9 Å². The molecule has 0 saturated heterocycles. The lowest BCUT2D eigenvalue weighted by atomic mass is 9.89. The number of carbonyl (C=O) groups excluding carboxylic acids is 4. The fourth-order valence-electron chi connectivity index (χ4n) is 2.66. The zero-order chi connectivity index (χ0) is 22.5. The Morgan fingerprint density at radius 3 is 0.867 bits per heavy atom. The number of rotatable bonds is 8. The van der Waals surface area contributed by atoms with E-state index >= 15 is 0 Å². The molecule has 0 aliphatic heterocycles. The zero-order valence-electron chi connectivity index (χ0n) is 17.5. The molecule has 0 aromatic heterocycles. The van der Waals surface area contributed by atoms with Gasteiger partial charge in [0.2, 0.25) is 0 Å². The summed E-state index contributed by atoms with van der Waals surface area (Å²) in [4.78, 5) is 47.2. The Bertz CT molecular complexity index is 480. The summed E-state index contributed by atoms with van der Waals surface area (Å²) < 4.78 is 39.8. The van der Waals surface area contributed by atoms with Crippen molar-refractivity contribution in [3.05, 3.63) is 0 Å². The standard InChI is InChI=1S/C18H28O12/c1-5-23-15(19)27-11-9-13(29-17(21)25-7-3)14(30-18(22)26-8-4)10-12(11)28-16(20)24-6-2/h11-14H,5-10H2,1-4H3. The third-order valence-corrected chi connectivity index (χ3v) is 3.80. The molecule has 1 aliphatic carbocycles. The van der Waals surface area contributed by atoms with Gasteiger partial charge in [-0.25, -0.2) is 19.2 Å². The highest BCUT2D eigenvalue weighted by atomic mass is 16.8. The van der Waals surface area contributed by atoms with Gasteiger partial charge >= 0.3 is 24.6 Å². The second-order valence-electron chi connectivity index (χ2n) is 5.83. The van der Waals surface area contributed by atoms with Crippen molar-refractivity contribution in [2.75, 3.05) is 26.4 Å². The van der Waals surface area contributed by atoms with E-state index in [9.17, 15) is 19.2 Å². The first-order chi connectivity index (χ1) is 14.3. The second kappa shape index (κ2) is 13.3. The molecule has 1 saturated carbocycles. The molecule has 172 valence electrons. The van der Waals surface area contributed by atoms with Crippen LogP contribution in [-0.2, 0) is 37.9 Å². The van der Waals surface area contributed by atoms with Crippen molar-refractivity contribution in [1.82, 2.24) is 0 Å². The summed E-state index contributed by atoms with van der Waals surface area (Å²) >= 11 is 0. The molecule has 1 rings (SSSR count). The van der Waals surface area contributed by atoms with Crippen LogP contribution in [0, 0.1) is 0 Å². The van der Waals surface area contributed by atoms with E-state index in [0.29, 0.717) is 0 Å². The molecule has 0 radical (unpaired) electrons. The van der Waals surface area contributed by atoms with Crippen molar-refractivity contribution in [3.8, 4) is 0 Å². The van der Waals surface area contributed by atoms with Gasteiger partial charge in [0.15, 0.2) is 0 Å². The van der Waals surface area contributed by atoms with Gasteiger partial charge in [0.25, 0.3) is 0 Å². The second-order valence-corrected chi connectivity index (χ2v) is 5.83. The minimum atomic E-state index is -1.06. The van der Waals surface area contributed by atoms with Crippen LogP contribution in [0.3, 0.4) is 0 Å². The van der Waals surface area contributed by atoms with E-state index in [1.807, 2.05) is 0 Å².